The number of rotatable bonds is 9. The lowest BCUT2D eigenvalue weighted by Crippen LogP contribution is -2.46. The van der Waals surface area contributed by atoms with E-state index >= 15 is 0 Å². The number of nitriles is 1. The number of pyridine rings is 1. The molecule has 1 N–H and O–H groups in total. The number of imidazole rings is 1. The fraction of sp³-hybridized carbons (Fsp3) is 0.258. The topological polar surface area (TPSA) is 120 Å². The molecule has 1 aliphatic carbocycles. The minimum Gasteiger partial charge on any atom is -0.478 e. The lowest BCUT2D eigenvalue weighted by molar-refractivity contribution is 0.0697. The number of carboxylic acids is 1. The Kier molecular flexibility index (Phi) is 6.96. The van der Waals surface area contributed by atoms with E-state index in [4.69, 9.17) is 20.0 Å². The van der Waals surface area contributed by atoms with Crippen LogP contribution in [0, 0.1) is 17.1 Å². The second-order valence-electron chi connectivity index (χ2n) is 10.7. The fourth-order valence-electron chi connectivity index (χ4n) is 5.74. The van der Waals surface area contributed by atoms with Crippen molar-refractivity contribution in [1.29, 1.82) is 5.26 Å². The van der Waals surface area contributed by atoms with Crippen molar-refractivity contribution in [1.82, 2.24) is 24.4 Å². The molecule has 7 rings (SSSR count). The zero-order chi connectivity index (χ0) is 29.5. The molecule has 2 aromatic carbocycles. The van der Waals surface area contributed by atoms with Crippen LogP contribution in [0.1, 0.15) is 38.6 Å². The third kappa shape index (κ3) is 5.40. The minimum absolute atomic E-state index is 0.0182. The summed E-state index contributed by atoms with van der Waals surface area (Å²) in [6.45, 7) is 2.84. The van der Waals surface area contributed by atoms with Gasteiger partial charge in [0.1, 0.15) is 24.1 Å². The van der Waals surface area contributed by atoms with Gasteiger partial charge in [0.2, 0.25) is 5.88 Å². The summed E-state index contributed by atoms with van der Waals surface area (Å²) in [5.74, 6) is 0.695. The standard InChI is InChI=1S/C31H26FN7O3S/c32-23-10-19(13-33)4-5-21(23)17-42-30-3-1-2-28(36-30)38-9-8-37(26-12-27(26)38)16-29-35-24-7-6-20(31(40)41)11-25(24)39(29)15-22-14-34-18-43-22/h1-7,10-11,14,18,26-27H,8-9,12,15-17H2,(H,40,41)/t26-,27?/m0/s1. The van der Waals surface area contributed by atoms with Crippen molar-refractivity contribution in [3.05, 3.63) is 99.5 Å². The van der Waals surface area contributed by atoms with Gasteiger partial charge in [0.25, 0.3) is 0 Å². The largest absolute Gasteiger partial charge is 0.478 e. The highest BCUT2D eigenvalue weighted by atomic mass is 32.1. The molecule has 1 aliphatic heterocycles. The van der Waals surface area contributed by atoms with Crippen LogP contribution in [0.4, 0.5) is 10.2 Å². The summed E-state index contributed by atoms with van der Waals surface area (Å²) in [5, 5.41) is 18.5. The summed E-state index contributed by atoms with van der Waals surface area (Å²) >= 11 is 1.56. The van der Waals surface area contributed by atoms with E-state index in [0.717, 1.165) is 47.1 Å². The van der Waals surface area contributed by atoms with Crippen molar-refractivity contribution >= 4 is 34.2 Å². The highest BCUT2D eigenvalue weighted by molar-refractivity contribution is 7.09. The number of aromatic carboxylic acids is 1. The van der Waals surface area contributed by atoms with Gasteiger partial charge in [-0.2, -0.15) is 10.2 Å². The van der Waals surface area contributed by atoms with Crippen molar-refractivity contribution < 1.29 is 19.0 Å². The SMILES string of the molecule is N#Cc1ccc(COc2cccc(N3CCN(Cc4nc5ccc(C(=O)O)cc5n4Cc4cncs4)[C@H]4CC43)n2)c(F)c1. The molecule has 2 aliphatic rings. The number of hydrogen-bond acceptors (Lipinski definition) is 9. The van der Waals surface area contributed by atoms with E-state index in [1.807, 2.05) is 24.4 Å². The van der Waals surface area contributed by atoms with Gasteiger partial charge in [0.15, 0.2) is 0 Å². The first-order chi connectivity index (χ1) is 21.0. The average molecular weight is 596 g/mol. The number of thiazole rings is 1. The molecule has 5 aromatic rings. The predicted octanol–water partition coefficient (Wildman–Crippen LogP) is 4.69. The predicted molar refractivity (Wildman–Crippen MR) is 158 cm³/mol. The summed E-state index contributed by atoms with van der Waals surface area (Å²) in [6.07, 6.45) is 2.84. The average Bonchev–Trinajstić information content (AvgIpc) is 3.53. The lowest BCUT2D eigenvalue weighted by Gasteiger charge is -2.34. The maximum Gasteiger partial charge on any atom is 0.335 e. The van der Waals surface area contributed by atoms with Gasteiger partial charge in [-0.3, -0.25) is 9.88 Å². The normalized spacial score (nSPS) is 17.9. The summed E-state index contributed by atoms with van der Waals surface area (Å²) in [4.78, 5) is 31.3. The smallest absolute Gasteiger partial charge is 0.335 e. The maximum absolute atomic E-state index is 14.3. The van der Waals surface area contributed by atoms with E-state index in [2.05, 4.69) is 19.4 Å². The van der Waals surface area contributed by atoms with Crippen LogP contribution in [-0.2, 0) is 19.7 Å². The van der Waals surface area contributed by atoms with E-state index < -0.39 is 11.8 Å². The zero-order valence-electron chi connectivity index (χ0n) is 22.9. The lowest BCUT2D eigenvalue weighted by atomic mass is 10.1. The number of ether oxygens (including phenoxy) is 1. The van der Waals surface area contributed by atoms with Gasteiger partial charge >= 0.3 is 5.97 Å². The van der Waals surface area contributed by atoms with E-state index in [1.54, 1.807) is 53.2 Å². The number of halogens is 1. The van der Waals surface area contributed by atoms with Crippen molar-refractivity contribution in [2.45, 2.75) is 38.2 Å². The molecular weight excluding hydrogens is 569 g/mol. The number of piperazine rings is 1. The zero-order valence-corrected chi connectivity index (χ0v) is 23.7. The molecule has 10 nitrogen and oxygen atoms in total. The summed E-state index contributed by atoms with van der Waals surface area (Å²) in [6, 6.07) is 17.6. The number of carboxylic acid groups (broad SMARTS) is 1. The van der Waals surface area contributed by atoms with Crippen LogP contribution in [0.3, 0.4) is 0 Å². The van der Waals surface area contributed by atoms with Gasteiger partial charge < -0.3 is 19.3 Å². The van der Waals surface area contributed by atoms with Gasteiger partial charge in [-0.15, -0.1) is 11.3 Å². The van der Waals surface area contributed by atoms with E-state index in [1.165, 1.54) is 6.07 Å². The number of aromatic nitrogens is 4. The monoisotopic (exact) mass is 595 g/mol. The first-order valence-electron chi connectivity index (χ1n) is 13.9. The fourth-order valence-corrected chi connectivity index (χ4v) is 6.32. The molecule has 12 heteroatoms. The van der Waals surface area contributed by atoms with Gasteiger partial charge in [-0.1, -0.05) is 12.1 Å². The Morgan fingerprint density at radius 2 is 2.02 bits per heavy atom. The van der Waals surface area contributed by atoms with Crippen molar-refractivity contribution in [3.63, 3.8) is 0 Å². The van der Waals surface area contributed by atoms with Crippen LogP contribution < -0.4 is 9.64 Å². The molecular formula is C31H26FN7O3S. The molecule has 1 saturated carbocycles. The molecule has 0 radical (unpaired) electrons. The highest BCUT2D eigenvalue weighted by Gasteiger charge is 2.49. The molecule has 1 unspecified atom stereocenters. The Morgan fingerprint density at radius 3 is 2.81 bits per heavy atom. The van der Waals surface area contributed by atoms with Gasteiger partial charge in [0.05, 0.1) is 46.8 Å². The number of anilines is 1. The second-order valence-corrected chi connectivity index (χ2v) is 11.6. The Bertz CT molecular complexity index is 1870. The van der Waals surface area contributed by atoms with Crippen LogP contribution in [0.15, 0.2) is 66.3 Å². The Morgan fingerprint density at radius 1 is 1.12 bits per heavy atom. The van der Waals surface area contributed by atoms with Crippen LogP contribution >= 0.6 is 11.3 Å². The molecule has 216 valence electrons. The molecule has 1 saturated heterocycles. The highest BCUT2D eigenvalue weighted by Crippen LogP contribution is 2.40. The molecule has 4 heterocycles. The molecule has 0 amide bonds. The number of nitrogens with zero attached hydrogens (tertiary/aromatic N) is 7. The van der Waals surface area contributed by atoms with Gasteiger partial charge in [0, 0.05) is 47.9 Å². The Hall–Kier alpha value is -4.86. The number of benzene rings is 2. The van der Waals surface area contributed by atoms with Gasteiger partial charge in [-0.05, 0) is 42.8 Å². The summed E-state index contributed by atoms with van der Waals surface area (Å²) < 4.78 is 22.2. The van der Waals surface area contributed by atoms with E-state index in [0.29, 0.717) is 36.6 Å². The van der Waals surface area contributed by atoms with Crippen molar-refractivity contribution in [2.75, 3.05) is 18.0 Å². The second kappa shape index (κ2) is 11.1. The first-order valence-corrected chi connectivity index (χ1v) is 14.7. The molecule has 2 fully saturated rings. The molecule has 0 spiro atoms. The van der Waals surface area contributed by atoms with Crippen molar-refractivity contribution in [2.24, 2.45) is 0 Å². The van der Waals surface area contributed by atoms with Gasteiger partial charge in [-0.25, -0.2) is 14.2 Å². The van der Waals surface area contributed by atoms with Crippen LogP contribution in [0.5, 0.6) is 5.88 Å². The Balaban J connectivity index is 1.06. The molecule has 0 bridgehead atoms. The maximum atomic E-state index is 14.3. The van der Waals surface area contributed by atoms with Crippen LogP contribution in [0.2, 0.25) is 0 Å². The number of carbonyl (C=O) groups is 1. The third-order valence-electron chi connectivity index (χ3n) is 8.00. The molecule has 43 heavy (non-hydrogen) atoms. The number of hydrogen-bond donors (Lipinski definition) is 1. The van der Waals surface area contributed by atoms with Crippen LogP contribution in [0.25, 0.3) is 11.0 Å². The van der Waals surface area contributed by atoms with E-state index in [9.17, 15) is 14.3 Å². The quantitative estimate of drug-likeness (QED) is 0.259. The van der Waals surface area contributed by atoms with Crippen molar-refractivity contribution in [3.8, 4) is 11.9 Å². The molecule has 2 atom stereocenters. The Labute approximate surface area is 250 Å². The van der Waals surface area contributed by atoms with E-state index in [-0.39, 0.29) is 17.7 Å². The molecule has 3 aromatic heterocycles. The summed E-state index contributed by atoms with van der Waals surface area (Å²) in [5.41, 5.74) is 4.24. The first kappa shape index (κ1) is 27.0. The van der Waals surface area contributed by atoms with Crippen LogP contribution in [-0.4, -0.2) is 60.7 Å². The minimum atomic E-state index is -0.963. The number of fused-ring (bicyclic) bond motifs is 2. The third-order valence-corrected chi connectivity index (χ3v) is 8.76. The summed E-state index contributed by atoms with van der Waals surface area (Å²) in [7, 11) is 0.